The van der Waals surface area contributed by atoms with Gasteiger partial charge in [0.05, 0.1) is 0 Å². The van der Waals surface area contributed by atoms with Crippen molar-refractivity contribution in [3.63, 3.8) is 0 Å². The molecule has 1 aliphatic rings. The number of hydrogen-bond acceptors (Lipinski definition) is 4. The van der Waals surface area contributed by atoms with Crippen molar-refractivity contribution in [1.82, 2.24) is 14.8 Å². The van der Waals surface area contributed by atoms with E-state index in [1.165, 1.54) is 41.5 Å². The van der Waals surface area contributed by atoms with Crippen molar-refractivity contribution in [3.8, 4) is 11.4 Å². The topological polar surface area (TPSA) is 30.7 Å². The van der Waals surface area contributed by atoms with E-state index in [2.05, 4.69) is 72.1 Å². The van der Waals surface area contributed by atoms with Gasteiger partial charge in [-0.25, -0.2) is 0 Å². The maximum atomic E-state index is 4.64. The second-order valence-corrected chi connectivity index (χ2v) is 9.85. The molecule has 2 heterocycles. The van der Waals surface area contributed by atoms with E-state index in [4.69, 9.17) is 0 Å². The minimum Gasteiger partial charge on any atom is -0.299 e. The molecule has 5 heteroatoms. The third-order valence-electron chi connectivity index (χ3n) is 5.27. The highest BCUT2D eigenvalue weighted by Crippen LogP contribution is 2.39. The summed E-state index contributed by atoms with van der Waals surface area (Å²) in [5.74, 6) is 2.77. The van der Waals surface area contributed by atoms with Crippen molar-refractivity contribution in [1.29, 1.82) is 0 Å². The van der Waals surface area contributed by atoms with Gasteiger partial charge in [-0.05, 0) is 57.1 Å². The van der Waals surface area contributed by atoms with Crippen molar-refractivity contribution in [2.24, 2.45) is 5.92 Å². The number of fused-ring (bicyclic) bond motifs is 1. The van der Waals surface area contributed by atoms with Crippen LogP contribution >= 0.6 is 23.1 Å². The van der Waals surface area contributed by atoms with Gasteiger partial charge in [0, 0.05) is 27.6 Å². The van der Waals surface area contributed by atoms with Crippen LogP contribution in [0, 0.1) is 12.8 Å². The second kappa shape index (κ2) is 7.80. The summed E-state index contributed by atoms with van der Waals surface area (Å²) in [6.45, 7) is 8.96. The van der Waals surface area contributed by atoms with Gasteiger partial charge in [0.1, 0.15) is 0 Å². The van der Waals surface area contributed by atoms with Crippen LogP contribution < -0.4 is 0 Å². The number of hydrogen-bond donors (Lipinski definition) is 0. The SMILES string of the molecule is Cc1cccc(CSc2nnc(-c3csc4c3CCC(C)C4)n2C(C)C)c1. The highest BCUT2D eigenvalue weighted by molar-refractivity contribution is 7.98. The van der Waals surface area contributed by atoms with Crippen LogP contribution in [0.3, 0.4) is 0 Å². The Morgan fingerprint density at radius 1 is 1.30 bits per heavy atom. The third-order valence-corrected chi connectivity index (χ3v) is 7.34. The molecule has 1 unspecified atom stereocenters. The summed E-state index contributed by atoms with van der Waals surface area (Å²) in [5.41, 5.74) is 5.47. The Balaban J connectivity index is 1.64. The monoisotopic (exact) mass is 397 g/mol. The molecule has 1 aromatic carbocycles. The van der Waals surface area contributed by atoms with Crippen molar-refractivity contribution in [2.45, 2.75) is 63.9 Å². The van der Waals surface area contributed by atoms with Crippen molar-refractivity contribution >= 4 is 23.1 Å². The van der Waals surface area contributed by atoms with Crippen LogP contribution in [0.15, 0.2) is 34.8 Å². The van der Waals surface area contributed by atoms with E-state index in [0.29, 0.717) is 6.04 Å². The maximum absolute atomic E-state index is 4.64. The first-order valence-electron chi connectivity index (χ1n) is 9.75. The van der Waals surface area contributed by atoms with Crippen molar-refractivity contribution in [2.75, 3.05) is 0 Å². The number of aryl methyl sites for hydroxylation is 1. The molecule has 3 nitrogen and oxygen atoms in total. The van der Waals surface area contributed by atoms with Gasteiger partial charge in [0.25, 0.3) is 0 Å². The minimum atomic E-state index is 0.341. The fraction of sp³-hybridized carbons (Fsp3) is 0.455. The zero-order chi connectivity index (χ0) is 19.0. The molecular formula is C22H27N3S2. The average Bonchev–Trinajstić information content (AvgIpc) is 3.23. The summed E-state index contributed by atoms with van der Waals surface area (Å²) in [4.78, 5) is 1.55. The zero-order valence-corrected chi connectivity index (χ0v) is 18.2. The second-order valence-electron chi connectivity index (χ2n) is 7.95. The Hall–Kier alpha value is -1.59. The molecular weight excluding hydrogens is 370 g/mol. The molecule has 0 fully saturated rings. The Morgan fingerprint density at radius 3 is 2.93 bits per heavy atom. The molecule has 0 saturated heterocycles. The maximum Gasteiger partial charge on any atom is 0.192 e. The van der Waals surface area contributed by atoms with Gasteiger partial charge in [-0.15, -0.1) is 21.5 Å². The molecule has 1 aliphatic carbocycles. The minimum absolute atomic E-state index is 0.341. The highest BCUT2D eigenvalue weighted by atomic mass is 32.2. The lowest BCUT2D eigenvalue weighted by Gasteiger charge is -2.19. The van der Waals surface area contributed by atoms with Gasteiger partial charge in [-0.3, -0.25) is 4.57 Å². The number of nitrogens with zero attached hydrogens (tertiary/aromatic N) is 3. The fourth-order valence-corrected chi connectivity index (χ4v) is 6.09. The number of aromatic nitrogens is 3. The summed E-state index contributed by atoms with van der Waals surface area (Å²) in [6.07, 6.45) is 3.67. The number of rotatable bonds is 5. The van der Waals surface area contributed by atoms with Crippen LogP contribution in [0.2, 0.25) is 0 Å². The summed E-state index contributed by atoms with van der Waals surface area (Å²) < 4.78 is 2.32. The smallest absolute Gasteiger partial charge is 0.192 e. The van der Waals surface area contributed by atoms with Crippen molar-refractivity contribution in [3.05, 3.63) is 51.2 Å². The molecule has 3 aromatic rings. The molecule has 1 atom stereocenters. The molecule has 0 aliphatic heterocycles. The van der Waals surface area contributed by atoms with E-state index in [-0.39, 0.29) is 0 Å². The molecule has 0 radical (unpaired) electrons. The van der Waals surface area contributed by atoms with Crippen LogP contribution in [0.25, 0.3) is 11.4 Å². The Bertz CT molecular complexity index is 939. The molecule has 0 spiro atoms. The van der Waals surface area contributed by atoms with Gasteiger partial charge in [-0.2, -0.15) is 0 Å². The van der Waals surface area contributed by atoms with Gasteiger partial charge in [0.2, 0.25) is 0 Å². The third kappa shape index (κ3) is 3.85. The molecule has 0 amide bonds. The highest BCUT2D eigenvalue weighted by Gasteiger charge is 2.25. The Morgan fingerprint density at radius 2 is 2.15 bits per heavy atom. The van der Waals surface area contributed by atoms with Gasteiger partial charge < -0.3 is 0 Å². The molecule has 0 bridgehead atoms. The standard InChI is InChI=1S/C22H27N3S2/c1-14(2)25-21(19-13-26-20-11-16(4)8-9-18(19)20)23-24-22(25)27-12-17-7-5-6-15(3)10-17/h5-7,10,13-14,16H,8-9,11-12H2,1-4H3. The Labute approximate surface area is 170 Å². The summed E-state index contributed by atoms with van der Waals surface area (Å²) >= 11 is 3.69. The van der Waals surface area contributed by atoms with Crippen LogP contribution in [-0.4, -0.2) is 14.8 Å². The summed E-state index contributed by atoms with van der Waals surface area (Å²) in [6, 6.07) is 9.05. The molecule has 0 saturated carbocycles. The van der Waals surface area contributed by atoms with E-state index in [0.717, 1.165) is 22.7 Å². The van der Waals surface area contributed by atoms with E-state index in [1.807, 2.05) is 11.3 Å². The average molecular weight is 398 g/mol. The predicted octanol–water partition coefficient (Wildman–Crippen LogP) is 6.31. The first kappa shape index (κ1) is 18.8. The first-order valence-corrected chi connectivity index (χ1v) is 11.6. The van der Waals surface area contributed by atoms with Crippen molar-refractivity contribution < 1.29 is 0 Å². The van der Waals surface area contributed by atoms with E-state index in [9.17, 15) is 0 Å². The van der Waals surface area contributed by atoms with E-state index >= 15 is 0 Å². The van der Waals surface area contributed by atoms with E-state index in [1.54, 1.807) is 16.6 Å². The van der Waals surface area contributed by atoms with Gasteiger partial charge in [0.15, 0.2) is 11.0 Å². The first-order chi connectivity index (χ1) is 13.0. The fourth-order valence-electron chi connectivity index (χ4n) is 3.84. The molecule has 0 N–H and O–H groups in total. The molecule has 27 heavy (non-hydrogen) atoms. The van der Waals surface area contributed by atoms with Crippen LogP contribution in [0.1, 0.15) is 54.8 Å². The van der Waals surface area contributed by atoms with Gasteiger partial charge >= 0.3 is 0 Å². The zero-order valence-electron chi connectivity index (χ0n) is 16.5. The predicted molar refractivity (Wildman–Crippen MR) is 116 cm³/mol. The molecule has 2 aromatic heterocycles. The number of thiophene rings is 1. The van der Waals surface area contributed by atoms with Crippen LogP contribution in [0.4, 0.5) is 0 Å². The quantitative estimate of drug-likeness (QED) is 0.472. The summed E-state index contributed by atoms with van der Waals surface area (Å²) in [5, 5.41) is 12.5. The number of benzene rings is 1. The largest absolute Gasteiger partial charge is 0.299 e. The van der Waals surface area contributed by atoms with Crippen LogP contribution in [-0.2, 0) is 18.6 Å². The normalized spacial score (nSPS) is 16.7. The van der Waals surface area contributed by atoms with Gasteiger partial charge in [-0.1, -0.05) is 48.5 Å². The summed E-state index contributed by atoms with van der Waals surface area (Å²) in [7, 11) is 0. The molecule has 142 valence electrons. The molecule has 4 rings (SSSR count). The number of thioether (sulfide) groups is 1. The van der Waals surface area contributed by atoms with E-state index < -0.39 is 0 Å². The lowest BCUT2D eigenvalue weighted by atomic mass is 9.88. The Kier molecular flexibility index (Phi) is 5.42. The lowest BCUT2D eigenvalue weighted by Crippen LogP contribution is -2.10. The lowest BCUT2D eigenvalue weighted by molar-refractivity contribution is 0.507. The van der Waals surface area contributed by atoms with Crippen LogP contribution in [0.5, 0.6) is 0 Å².